The summed E-state index contributed by atoms with van der Waals surface area (Å²) >= 11 is 0. The molecule has 0 radical (unpaired) electrons. The molecule has 0 aromatic heterocycles. The van der Waals surface area contributed by atoms with Crippen molar-refractivity contribution in [3.8, 4) is 5.75 Å². The van der Waals surface area contributed by atoms with Gasteiger partial charge >= 0.3 is 0 Å². The van der Waals surface area contributed by atoms with Gasteiger partial charge in [0.2, 0.25) is 0 Å². The van der Waals surface area contributed by atoms with Crippen molar-refractivity contribution < 1.29 is 4.74 Å². The van der Waals surface area contributed by atoms with Gasteiger partial charge in [0, 0.05) is 30.9 Å². The molecule has 2 rings (SSSR count). The molecule has 0 bridgehead atoms. The number of methoxy groups -OCH3 is 1. The maximum absolute atomic E-state index is 6.13. The summed E-state index contributed by atoms with van der Waals surface area (Å²) in [6.45, 7) is 3.14. The van der Waals surface area contributed by atoms with Gasteiger partial charge in [-0.3, -0.25) is 0 Å². The molecular weight excluding hydrogens is 236 g/mol. The predicted octanol–water partition coefficient (Wildman–Crippen LogP) is 3.34. The number of benzene rings is 1. The van der Waals surface area contributed by atoms with E-state index >= 15 is 0 Å². The van der Waals surface area contributed by atoms with Gasteiger partial charge in [-0.2, -0.15) is 0 Å². The van der Waals surface area contributed by atoms with Crippen molar-refractivity contribution in [1.82, 2.24) is 0 Å². The second-order valence-corrected chi connectivity index (χ2v) is 5.71. The predicted molar refractivity (Wildman–Crippen MR) is 80.8 cm³/mol. The normalized spacial score (nSPS) is 17.5. The molecule has 1 aliphatic carbocycles. The first-order valence-electron chi connectivity index (χ1n) is 7.27. The summed E-state index contributed by atoms with van der Waals surface area (Å²) in [5.74, 6) is 1.72. The fraction of sp³-hybridized carbons (Fsp3) is 0.625. The number of hydrogen-bond acceptors (Lipinski definition) is 3. The third-order valence-electron chi connectivity index (χ3n) is 4.14. The summed E-state index contributed by atoms with van der Waals surface area (Å²) in [6, 6.07) is 6.17. The van der Waals surface area contributed by atoms with Crippen LogP contribution in [-0.4, -0.2) is 20.7 Å². The van der Waals surface area contributed by atoms with E-state index in [9.17, 15) is 0 Å². The smallest absolute Gasteiger partial charge is 0.125 e. The highest BCUT2D eigenvalue weighted by molar-refractivity contribution is 5.60. The fourth-order valence-electron chi connectivity index (χ4n) is 3.18. The molecule has 106 valence electrons. The van der Waals surface area contributed by atoms with Gasteiger partial charge < -0.3 is 15.4 Å². The molecular formula is C16H26N2O. The first-order valence-corrected chi connectivity index (χ1v) is 7.27. The van der Waals surface area contributed by atoms with Gasteiger partial charge in [-0.05, 0) is 37.8 Å². The zero-order chi connectivity index (χ0) is 13.8. The number of anilines is 1. The van der Waals surface area contributed by atoms with E-state index in [0.29, 0.717) is 0 Å². The van der Waals surface area contributed by atoms with Gasteiger partial charge in [0.15, 0.2) is 0 Å². The van der Waals surface area contributed by atoms with Gasteiger partial charge in [0.25, 0.3) is 0 Å². The molecule has 1 aromatic rings. The second-order valence-electron chi connectivity index (χ2n) is 5.71. The van der Waals surface area contributed by atoms with E-state index in [2.05, 4.69) is 18.0 Å². The fourth-order valence-corrected chi connectivity index (χ4v) is 3.18. The maximum Gasteiger partial charge on any atom is 0.125 e. The molecule has 1 fully saturated rings. The van der Waals surface area contributed by atoms with Gasteiger partial charge in [-0.1, -0.05) is 18.9 Å². The van der Waals surface area contributed by atoms with E-state index in [0.717, 1.165) is 23.8 Å². The van der Waals surface area contributed by atoms with Crippen LogP contribution in [0, 0.1) is 5.92 Å². The number of rotatable bonds is 5. The molecule has 0 amide bonds. The van der Waals surface area contributed by atoms with Crippen LogP contribution < -0.4 is 15.4 Å². The number of nitrogens with zero attached hydrogens (tertiary/aromatic N) is 1. The highest BCUT2D eigenvalue weighted by Crippen LogP contribution is 2.34. The Labute approximate surface area is 116 Å². The monoisotopic (exact) mass is 262 g/mol. The molecule has 1 unspecified atom stereocenters. The van der Waals surface area contributed by atoms with E-state index < -0.39 is 0 Å². The summed E-state index contributed by atoms with van der Waals surface area (Å²) in [4.78, 5) is 2.34. The van der Waals surface area contributed by atoms with E-state index in [4.69, 9.17) is 10.5 Å². The summed E-state index contributed by atoms with van der Waals surface area (Å²) in [6.07, 6.45) is 5.50. The SMILES string of the molecule is COc1cccc(N(C)CC2CCCC2)c1C(C)N. The Morgan fingerprint density at radius 2 is 2.05 bits per heavy atom. The first-order chi connectivity index (χ1) is 9.13. The van der Waals surface area contributed by atoms with E-state index in [1.807, 2.05) is 19.1 Å². The van der Waals surface area contributed by atoms with Gasteiger partial charge in [0.05, 0.1) is 7.11 Å². The Morgan fingerprint density at radius 3 is 2.63 bits per heavy atom. The summed E-state index contributed by atoms with van der Waals surface area (Å²) in [5, 5.41) is 0. The van der Waals surface area contributed by atoms with Crippen LogP contribution in [0.15, 0.2) is 18.2 Å². The third kappa shape index (κ3) is 3.21. The minimum atomic E-state index is -0.0165. The van der Waals surface area contributed by atoms with Crippen LogP contribution in [0.25, 0.3) is 0 Å². The van der Waals surface area contributed by atoms with Crippen LogP contribution in [0.5, 0.6) is 5.75 Å². The molecule has 0 saturated heterocycles. The summed E-state index contributed by atoms with van der Waals surface area (Å²) in [7, 11) is 3.88. The summed E-state index contributed by atoms with van der Waals surface area (Å²) < 4.78 is 5.46. The zero-order valence-corrected chi connectivity index (χ0v) is 12.4. The Morgan fingerprint density at radius 1 is 1.37 bits per heavy atom. The molecule has 0 heterocycles. The minimum absolute atomic E-state index is 0.0165. The van der Waals surface area contributed by atoms with Gasteiger partial charge in [-0.25, -0.2) is 0 Å². The number of ether oxygens (including phenoxy) is 1. The standard InChI is InChI=1S/C16H26N2O/c1-12(17)16-14(9-6-10-15(16)19-3)18(2)11-13-7-4-5-8-13/h6,9-10,12-13H,4-5,7-8,11,17H2,1-3H3. The molecule has 19 heavy (non-hydrogen) atoms. The van der Waals surface area contributed by atoms with Crippen LogP contribution in [-0.2, 0) is 0 Å². The average molecular weight is 262 g/mol. The Bertz CT molecular complexity index is 411. The lowest BCUT2D eigenvalue weighted by Crippen LogP contribution is -2.26. The van der Waals surface area contributed by atoms with E-state index in [1.54, 1.807) is 7.11 Å². The van der Waals surface area contributed by atoms with Crippen molar-refractivity contribution >= 4 is 5.69 Å². The van der Waals surface area contributed by atoms with Crippen LogP contribution >= 0.6 is 0 Å². The summed E-state index contributed by atoms with van der Waals surface area (Å²) in [5.41, 5.74) is 8.46. The van der Waals surface area contributed by atoms with Crippen molar-refractivity contribution in [3.05, 3.63) is 23.8 Å². The van der Waals surface area contributed by atoms with Gasteiger partial charge in [-0.15, -0.1) is 0 Å². The molecule has 3 nitrogen and oxygen atoms in total. The highest BCUT2D eigenvalue weighted by atomic mass is 16.5. The van der Waals surface area contributed by atoms with Gasteiger partial charge in [0.1, 0.15) is 5.75 Å². The average Bonchev–Trinajstić information content (AvgIpc) is 2.90. The van der Waals surface area contributed by atoms with Crippen molar-refractivity contribution in [2.75, 3.05) is 25.6 Å². The molecule has 3 heteroatoms. The van der Waals surface area contributed by atoms with Crippen molar-refractivity contribution in [2.24, 2.45) is 11.7 Å². The molecule has 1 aromatic carbocycles. The Hall–Kier alpha value is -1.22. The minimum Gasteiger partial charge on any atom is -0.496 e. The molecule has 0 spiro atoms. The van der Waals surface area contributed by atoms with E-state index in [-0.39, 0.29) is 6.04 Å². The molecule has 2 N–H and O–H groups in total. The van der Waals surface area contributed by atoms with E-state index in [1.165, 1.54) is 31.4 Å². The number of hydrogen-bond donors (Lipinski definition) is 1. The molecule has 1 atom stereocenters. The Balaban J connectivity index is 2.22. The second kappa shape index (κ2) is 6.29. The Kier molecular flexibility index (Phi) is 4.70. The highest BCUT2D eigenvalue weighted by Gasteiger charge is 2.20. The third-order valence-corrected chi connectivity index (χ3v) is 4.14. The lowest BCUT2D eigenvalue weighted by Gasteiger charge is -2.27. The topological polar surface area (TPSA) is 38.5 Å². The van der Waals surface area contributed by atoms with Crippen molar-refractivity contribution in [2.45, 2.75) is 38.6 Å². The quantitative estimate of drug-likeness (QED) is 0.884. The zero-order valence-electron chi connectivity index (χ0n) is 12.4. The van der Waals surface area contributed by atoms with Crippen molar-refractivity contribution in [1.29, 1.82) is 0 Å². The van der Waals surface area contributed by atoms with Crippen LogP contribution in [0.4, 0.5) is 5.69 Å². The van der Waals surface area contributed by atoms with Crippen LogP contribution in [0.3, 0.4) is 0 Å². The largest absolute Gasteiger partial charge is 0.496 e. The lowest BCUT2D eigenvalue weighted by molar-refractivity contribution is 0.406. The molecule has 1 aliphatic rings. The lowest BCUT2D eigenvalue weighted by atomic mass is 10.0. The van der Waals surface area contributed by atoms with Crippen molar-refractivity contribution in [3.63, 3.8) is 0 Å². The maximum atomic E-state index is 6.13. The first kappa shape index (κ1) is 14.2. The van der Waals surface area contributed by atoms with Crippen LogP contribution in [0.1, 0.15) is 44.2 Å². The molecule has 0 aliphatic heterocycles. The van der Waals surface area contributed by atoms with Crippen LogP contribution in [0.2, 0.25) is 0 Å². The number of nitrogens with two attached hydrogens (primary N) is 1. The molecule has 1 saturated carbocycles.